The minimum atomic E-state index is -4.43. The fourth-order valence-corrected chi connectivity index (χ4v) is 5.00. The molecule has 140 valence electrons. The number of anilines is 1. The van der Waals surface area contributed by atoms with Gasteiger partial charge in [-0.15, -0.1) is 0 Å². The van der Waals surface area contributed by atoms with Crippen molar-refractivity contribution in [1.29, 1.82) is 0 Å². The van der Waals surface area contributed by atoms with Gasteiger partial charge in [-0.25, -0.2) is 13.4 Å². The molecule has 1 aliphatic rings. The van der Waals surface area contributed by atoms with E-state index in [0.29, 0.717) is 36.8 Å². The van der Waals surface area contributed by atoms with Crippen molar-refractivity contribution in [3.8, 4) is 0 Å². The molecular formula is C17H16ClF3N2O2S. The summed E-state index contributed by atoms with van der Waals surface area (Å²) in [4.78, 5) is 5.85. The molecule has 1 saturated heterocycles. The van der Waals surface area contributed by atoms with Crippen LogP contribution in [0.1, 0.15) is 18.4 Å². The lowest BCUT2D eigenvalue weighted by molar-refractivity contribution is -0.137. The Balaban J connectivity index is 1.69. The Morgan fingerprint density at radius 3 is 2.35 bits per heavy atom. The van der Waals surface area contributed by atoms with Crippen molar-refractivity contribution in [2.45, 2.75) is 29.2 Å². The number of hydrogen-bond donors (Lipinski definition) is 0. The highest BCUT2D eigenvalue weighted by Gasteiger charge is 2.33. The van der Waals surface area contributed by atoms with Crippen molar-refractivity contribution in [3.05, 3.63) is 53.2 Å². The van der Waals surface area contributed by atoms with E-state index in [1.165, 1.54) is 18.2 Å². The van der Waals surface area contributed by atoms with Crippen LogP contribution in [0, 0.1) is 0 Å². The van der Waals surface area contributed by atoms with Gasteiger partial charge in [-0.3, -0.25) is 0 Å². The van der Waals surface area contributed by atoms with E-state index in [-0.39, 0.29) is 4.90 Å². The molecule has 1 aromatic heterocycles. The third kappa shape index (κ3) is 3.96. The number of pyridine rings is 1. The van der Waals surface area contributed by atoms with Crippen LogP contribution in [-0.2, 0) is 16.0 Å². The molecule has 26 heavy (non-hydrogen) atoms. The van der Waals surface area contributed by atoms with E-state index in [9.17, 15) is 21.6 Å². The summed E-state index contributed by atoms with van der Waals surface area (Å²) in [5.41, 5.74) is -0.806. The second kappa shape index (κ2) is 7.08. The Morgan fingerprint density at radius 1 is 1.12 bits per heavy atom. The van der Waals surface area contributed by atoms with Gasteiger partial charge in [0, 0.05) is 24.3 Å². The molecule has 3 rings (SSSR count). The first kappa shape index (κ1) is 19.0. The number of piperidine rings is 1. The molecule has 0 bridgehead atoms. The molecule has 9 heteroatoms. The zero-order valence-electron chi connectivity index (χ0n) is 13.6. The summed E-state index contributed by atoms with van der Waals surface area (Å²) in [6.45, 7) is 0.811. The molecule has 0 spiro atoms. The second-order valence-electron chi connectivity index (χ2n) is 6.09. The number of aromatic nitrogens is 1. The topological polar surface area (TPSA) is 50.3 Å². The van der Waals surface area contributed by atoms with Gasteiger partial charge in [0.15, 0.2) is 9.84 Å². The Hall–Kier alpha value is -1.80. The zero-order chi connectivity index (χ0) is 18.9. The summed E-state index contributed by atoms with van der Waals surface area (Å²) in [7, 11) is -3.50. The SMILES string of the molecule is O=S(=O)(c1cccc(Cl)c1)C1CCN(c2ccc(C(F)(F)F)cn2)CC1. The van der Waals surface area contributed by atoms with Crippen LogP contribution >= 0.6 is 11.6 Å². The van der Waals surface area contributed by atoms with Crippen molar-refractivity contribution in [2.75, 3.05) is 18.0 Å². The zero-order valence-corrected chi connectivity index (χ0v) is 15.2. The molecule has 2 aromatic rings. The monoisotopic (exact) mass is 404 g/mol. The minimum absolute atomic E-state index is 0.191. The fourth-order valence-electron chi connectivity index (χ4n) is 2.97. The molecule has 0 amide bonds. The fraction of sp³-hybridized carbons (Fsp3) is 0.353. The average molecular weight is 405 g/mol. The van der Waals surface area contributed by atoms with Crippen LogP contribution in [0.4, 0.5) is 19.0 Å². The molecule has 0 aliphatic carbocycles. The normalized spacial score (nSPS) is 16.7. The van der Waals surface area contributed by atoms with Crippen molar-refractivity contribution >= 4 is 27.3 Å². The van der Waals surface area contributed by atoms with Crippen LogP contribution in [0.15, 0.2) is 47.5 Å². The lowest BCUT2D eigenvalue weighted by atomic mass is 10.1. The van der Waals surface area contributed by atoms with Gasteiger partial charge in [0.25, 0.3) is 0 Å². The molecule has 4 nitrogen and oxygen atoms in total. The molecule has 0 saturated carbocycles. The summed E-state index contributed by atoms with van der Waals surface area (Å²) in [6, 6.07) is 8.45. The molecule has 2 heterocycles. The smallest absolute Gasteiger partial charge is 0.357 e. The number of benzene rings is 1. The summed E-state index contributed by atoms with van der Waals surface area (Å²) in [6.07, 6.45) is -2.89. The van der Waals surface area contributed by atoms with Crippen LogP contribution in [-0.4, -0.2) is 31.7 Å². The number of sulfone groups is 1. The second-order valence-corrected chi connectivity index (χ2v) is 8.76. The van der Waals surface area contributed by atoms with Gasteiger partial charge >= 0.3 is 6.18 Å². The van der Waals surface area contributed by atoms with E-state index in [1.807, 2.05) is 0 Å². The van der Waals surface area contributed by atoms with Crippen LogP contribution < -0.4 is 4.90 Å². The van der Waals surface area contributed by atoms with Gasteiger partial charge in [0.1, 0.15) is 5.82 Å². The highest BCUT2D eigenvalue weighted by Crippen LogP contribution is 2.31. The lowest BCUT2D eigenvalue weighted by Gasteiger charge is -2.32. The van der Waals surface area contributed by atoms with E-state index < -0.39 is 26.8 Å². The van der Waals surface area contributed by atoms with E-state index in [0.717, 1.165) is 12.3 Å². The Kier molecular flexibility index (Phi) is 5.16. The molecular weight excluding hydrogens is 389 g/mol. The van der Waals surface area contributed by atoms with Crippen LogP contribution in [0.25, 0.3) is 0 Å². The standard InChI is InChI=1S/C17H16ClF3N2O2S/c18-13-2-1-3-15(10-13)26(24,25)14-6-8-23(9-7-14)16-5-4-12(11-22-16)17(19,20)21/h1-5,10-11,14H,6-9H2. The van der Waals surface area contributed by atoms with E-state index in [1.54, 1.807) is 17.0 Å². The van der Waals surface area contributed by atoms with Gasteiger partial charge in [-0.1, -0.05) is 17.7 Å². The largest absolute Gasteiger partial charge is 0.417 e. The first-order valence-corrected chi connectivity index (χ1v) is 9.88. The van der Waals surface area contributed by atoms with E-state index in [4.69, 9.17) is 11.6 Å². The van der Waals surface area contributed by atoms with Crippen LogP contribution in [0.3, 0.4) is 0 Å². The number of nitrogens with zero attached hydrogens (tertiary/aromatic N) is 2. The van der Waals surface area contributed by atoms with Crippen molar-refractivity contribution in [1.82, 2.24) is 4.98 Å². The summed E-state index contributed by atoms with van der Waals surface area (Å²) in [5.74, 6) is 0.414. The Morgan fingerprint density at radius 2 is 1.81 bits per heavy atom. The highest BCUT2D eigenvalue weighted by molar-refractivity contribution is 7.92. The van der Waals surface area contributed by atoms with E-state index in [2.05, 4.69) is 4.98 Å². The van der Waals surface area contributed by atoms with Gasteiger partial charge in [-0.05, 0) is 43.2 Å². The first-order valence-electron chi connectivity index (χ1n) is 7.95. The predicted molar refractivity (Wildman–Crippen MR) is 93.1 cm³/mol. The lowest BCUT2D eigenvalue weighted by Crippen LogP contribution is -2.39. The number of halogens is 4. The first-order chi connectivity index (χ1) is 12.2. The molecule has 1 aromatic carbocycles. The summed E-state index contributed by atoms with van der Waals surface area (Å²) in [5, 5.41) is -0.191. The molecule has 0 unspecified atom stereocenters. The average Bonchev–Trinajstić information content (AvgIpc) is 2.61. The Bertz CT molecular complexity index is 878. The van der Waals surface area contributed by atoms with Crippen molar-refractivity contribution in [3.63, 3.8) is 0 Å². The number of hydrogen-bond acceptors (Lipinski definition) is 4. The van der Waals surface area contributed by atoms with E-state index >= 15 is 0 Å². The molecule has 0 atom stereocenters. The molecule has 1 fully saturated rings. The predicted octanol–water partition coefficient (Wildman–Crippen LogP) is 4.20. The maximum atomic E-state index is 12.7. The minimum Gasteiger partial charge on any atom is -0.357 e. The summed E-state index contributed by atoms with van der Waals surface area (Å²) < 4.78 is 63.3. The molecule has 0 N–H and O–H groups in total. The summed E-state index contributed by atoms with van der Waals surface area (Å²) >= 11 is 5.88. The van der Waals surface area contributed by atoms with Gasteiger partial charge in [-0.2, -0.15) is 13.2 Å². The Labute approximate surface area is 154 Å². The number of alkyl halides is 3. The third-order valence-electron chi connectivity index (χ3n) is 4.40. The van der Waals surface area contributed by atoms with Crippen LogP contribution in [0.2, 0.25) is 5.02 Å². The molecule has 0 radical (unpaired) electrons. The maximum Gasteiger partial charge on any atom is 0.417 e. The third-order valence-corrected chi connectivity index (χ3v) is 6.90. The van der Waals surface area contributed by atoms with Gasteiger partial charge in [0.05, 0.1) is 15.7 Å². The van der Waals surface area contributed by atoms with Crippen molar-refractivity contribution < 1.29 is 21.6 Å². The van der Waals surface area contributed by atoms with Gasteiger partial charge in [0.2, 0.25) is 0 Å². The maximum absolute atomic E-state index is 12.7. The molecule has 1 aliphatic heterocycles. The quantitative estimate of drug-likeness (QED) is 0.769. The van der Waals surface area contributed by atoms with Gasteiger partial charge < -0.3 is 4.90 Å². The highest BCUT2D eigenvalue weighted by atomic mass is 35.5. The van der Waals surface area contributed by atoms with Crippen LogP contribution in [0.5, 0.6) is 0 Å². The number of rotatable bonds is 3. The van der Waals surface area contributed by atoms with Crippen molar-refractivity contribution in [2.24, 2.45) is 0 Å².